The topological polar surface area (TPSA) is 51.3 Å². The van der Waals surface area contributed by atoms with Gasteiger partial charge in [0.1, 0.15) is 5.82 Å². The van der Waals surface area contributed by atoms with E-state index in [9.17, 15) is 4.79 Å². The van der Waals surface area contributed by atoms with E-state index in [1.165, 1.54) is 11.8 Å². The Hall–Kier alpha value is -2.82. The molecule has 0 unspecified atom stereocenters. The fourth-order valence-corrected chi connectivity index (χ4v) is 2.44. The van der Waals surface area contributed by atoms with Crippen molar-refractivity contribution in [3.05, 3.63) is 78.3 Å². The lowest BCUT2D eigenvalue weighted by Gasteiger charge is -2.21. The van der Waals surface area contributed by atoms with E-state index in [0.717, 1.165) is 12.2 Å². The van der Waals surface area contributed by atoms with Gasteiger partial charge in [0.2, 0.25) is 0 Å². The fraction of sp³-hybridized carbons (Fsp3) is 0.222. The molecule has 0 atom stereocenters. The molecule has 0 aliphatic rings. The van der Waals surface area contributed by atoms with E-state index in [2.05, 4.69) is 17.1 Å². The number of rotatable bonds is 6. The van der Waals surface area contributed by atoms with Crippen molar-refractivity contribution < 1.29 is 9.21 Å². The Morgan fingerprint density at radius 1 is 1.22 bits per heavy atom. The highest BCUT2D eigenvalue weighted by molar-refractivity contribution is 5.91. The van der Waals surface area contributed by atoms with Gasteiger partial charge in [-0.05, 0) is 24.1 Å². The molecule has 2 heterocycles. The van der Waals surface area contributed by atoms with Crippen molar-refractivity contribution in [2.75, 3.05) is 6.54 Å². The van der Waals surface area contributed by atoms with Gasteiger partial charge in [-0.3, -0.25) is 4.79 Å². The summed E-state index contributed by atoms with van der Waals surface area (Å²) in [6.07, 6.45) is 5.92. The maximum atomic E-state index is 12.7. The molecular weight excluding hydrogens is 290 g/mol. The zero-order valence-corrected chi connectivity index (χ0v) is 13.1. The number of furan rings is 1. The quantitative estimate of drug-likeness (QED) is 0.703. The summed E-state index contributed by atoms with van der Waals surface area (Å²) in [7, 11) is 1.93. The molecule has 0 radical (unpaired) electrons. The van der Waals surface area contributed by atoms with Crippen molar-refractivity contribution in [1.82, 2.24) is 14.5 Å². The average Bonchev–Trinajstić information content (AvgIpc) is 3.24. The molecule has 23 heavy (non-hydrogen) atoms. The van der Waals surface area contributed by atoms with Gasteiger partial charge in [-0.15, -0.1) is 0 Å². The van der Waals surface area contributed by atoms with Crippen LogP contribution in [-0.4, -0.2) is 26.9 Å². The second-order valence-corrected chi connectivity index (χ2v) is 5.39. The average molecular weight is 309 g/mol. The van der Waals surface area contributed by atoms with Gasteiger partial charge >= 0.3 is 0 Å². The summed E-state index contributed by atoms with van der Waals surface area (Å²) in [4.78, 5) is 18.7. The van der Waals surface area contributed by atoms with E-state index in [4.69, 9.17) is 4.42 Å². The summed E-state index contributed by atoms with van der Waals surface area (Å²) in [5.41, 5.74) is 1.20. The monoisotopic (exact) mass is 309 g/mol. The highest BCUT2D eigenvalue weighted by Gasteiger charge is 2.19. The van der Waals surface area contributed by atoms with Gasteiger partial charge in [0.05, 0.1) is 12.8 Å². The number of aromatic nitrogens is 2. The lowest BCUT2D eigenvalue weighted by Crippen LogP contribution is -2.33. The van der Waals surface area contributed by atoms with Crippen molar-refractivity contribution in [2.45, 2.75) is 13.0 Å². The van der Waals surface area contributed by atoms with Crippen molar-refractivity contribution >= 4 is 5.91 Å². The van der Waals surface area contributed by atoms with Crippen LogP contribution in [0.15, 0.2) is 65.5 Å². The Labute approximate surface area is 135 Å². The number of aryl methyl sites for hydroxylation is 1. The third-order valence-corrected chi connectivity index (χ3v) is 3.79. The molecular formula is C18H19N3O2. The summed E-state index contributed by atoms with van der Waals surface area (Å²) in [6.45, 7) is 1.06. The lowest BCUT2D eigenvalue weighted by atomic mass is 10.1. The second kappa shape index (κ2) is 6.96. The molecule has 118 valence electrons. The van der Waals surface area contributed by atoms with Gasteiger partial charge in [0.25, 0.3) is 5.91 Å². The van der Waals surface area contributed by atoms with Crippen LogP contribution in [0.4, 0.5) is 0 Å². The minimum absolute atomic E-state index is 0.117. The van der Waals surface area contributed by atoms with E-state index >= 15 is 0 Å². The molecule has 0 saturated heterocycles. The Kier molecular flexibility index (Phi) is 4.57. The largest absolute Gasteiger partial charge is 0.459 e. The minimum Gasteiger partial charge on any atom is -0.459 e. The Morgan fingerprint density at radius 3 is 2.70 bits per heavy atom. The Bertz CT molecular complexity index is 748. The zero-order valence-electron chi connectivity index (χ0n) is 13.1. The number of carbonyl (C=O) groups excluding carboxylic acids is 1. The van der Waals surface area contributed by atoms with Gasteiger partial charge in [0, 0.05) is 26.0 Å². The summed E-state index contributed by atoms with van der Waals surface area (Å²) in [5.74, 6) is 1.08. The zero-order chi connectivity index (χ0) is 16.1. The third-order valence-electron chi connectivity index (χ3n) is 3.79. The van der Waals surface area contributed by atoms with Crippen molar-refractivity contribution in [1.29, 1.82) is 0 Å². The highest BCUT2D eigenvalue weighted by atomic mass is 16.3. The van der Waals surface area contributed by atoms with E-state index < -0.39 is 0 Å². The summed E-state index contributed by atoms with van der Waals surface area (Å²) < 4.78 is 7.18. The van der Waals surface area contributed by atoms with E-state index in [0.29, 0.717) is 18.8 Å². The maximum Gasteiger partial charge on any atom is 0.289 e. The normalized spacial score (nSPS) is 10.7. The third kappa shape index (κ3) is 3.69. The minimum atomic E-state index is -0.117. The number of hydrogen-bond donors (Lipinski definition) is 0. The molecule has 3 aromatic rings. The number of benzene rings is 1. The predicted octanol–water partition coefficient (Wildman–Crippen LogP) is 2.90. The smallest absolute Gasteiger partial charge is 0.289 e. The summed E-state index contributed by atoms with van der Waals surface area (Å²) >= 11 is 0. The Balaban J connectivity index is 1.75. The summed E-state index contributed by atoms with van der Waals surface area (Å²) in [6, 6.07) is 13.6. The lowest BCUT2D eigenvalue weighted by molar-refractivity contribution is 0.0707. The SMILES string of the molecule is Cn1ccnc1CN(CCc1ccccc1)C(=O)c1ccco1. The van der Waals surface area contributed by atoms with Crippen molar-refractivity contribution in [3.63, 3.8) is 0 Å². The van der Waals surface area contributed by atoms with Crippen LogP contribution in [0.1, 0.15) is 21.9 Å². The molecule has 5 nitrogen and oxygen atoms in total. The molecule has 0 aliphatic carbocycles. The Morgan fingerprint density at radius 2 is 2.04 bits per heavy atom. The fourth-order valence-electron chi connectivity index (χ4n) is 2.44. The van der Waals surface area contributed by atoms with Crippen LogP contribution in [-0.2, 0) is 20.0 Å². The second-order valence-electron chi connectivity index (χ2n) is 5.39. The standard InChI is InChI=1S/C18H19N3O2/c1-20-12-10-19-17(20)14-21(18(22)16-8-5-13-23-16)11-9-15-6-3-2-4-7-15/h2-8,10,12-13H,9,11,14H2,1H3. The number of nitrogens with zero attached hydrogens (tertiary/aromatic N) is 3. The molecule has 3 rings (SSSR count). The molecule has 0 bridgehead atoms. The van der Waals surface area contributed by atoms with Crippen molar-refractivity contribution in [3.8, 4) is 0 Å². The van der Waals surface area contributed by atoms with Crippen LogP contribution in [0.2, 0.25) is 0 Å². The first kappa shape index (κ1) is 15.1. The highest BCUT2D eigenvalue weighted by Crippen LogP contribution is 2.11. The van der Waals surface area contributed by atoms with Crippen LogP contribution in [0.3, 0.4) is 0 Å². The van der Waals surface area contributed by atoms with Crippen LogP contribution in [0.25, 0.3) is 0 Å². The van der Waals surface area contributed by atoms with Gasteiger partial charge in [-0.2, -0.15) is 0 Å². The molecule has 0 N–H and O–H groups in total. The number of imidazole rings is 1. The van der Waals surface area contributed by atoms with E-state index in [1.807, 2.05) is 36.0 Å². The van der Waals surface area contributed by atoms with Gasteiger partial charge in [0.15, 0.2) is 5.76 Å². The summed E-state index contributed by atoms with van der Waals surface area (Å²) in [5, 5.41) is 0. The molecule has 0 spiro atoms. The first-order chi connectivity index (χ1) is 11.2. The number of amides is 1. The molecule has 0 saturated carbocycles. The molecule has 1 aromatic carbocycles. The van der Waals surface area contributed by atoms with E-state index in [1.54, 1.807) is 23.2 Å². The van der Waals surface area contributed by atoms with Gasteiger partial charge in [-0.25, -0.2) is 4.98 Å². The molecule has 0 fully saturated rings. The molecule has 2 aromatic heterocycles. The predicted molar refractivity (Wildman–Crippen MR) is 86.8 cm³/mol. The van der Waals surface area contributed by atoms with Gasteiger partial charge in [-0.1, -0.05) is 30.3 Å². The first-order valence-electron chi connectivity index (χ1n) is 7.57. The van der Waals surface area contributed by atoms with Crippen LogP contribution in [0, 0.1) is 0 Å². The van der Waals surface area contributed by atoms with Gasteiger partial charge < -0.3 is 13.9 Å². The van der Waals surface area contributed by atoms with Crippen LogP contribution < -0.4 is 0 Å². The molecule has 1 amide bonds. The number of carbonyl (C=O) groups is 1. The van der Waals surface area contributed by atoms with E-state index in [-0.39, 0.29) is 5.91 Å². The first-order valence-corrected chi connectivity index (χ1v) is 7.57. The van der Waals surface area contributed by atoms with Crippen LogP contribution >= 0.6 is 0 Å². The number of hydrogen-bond acceptors (Lipinski definition) is 3. The van der Waals surface area contributed by atoms with Crippen molar-refractivity contribution in [2.24, 2.45) is 7.05 Å². The van der Waals surface area contributed by atoms with Crippen LogP contribution in [0.5, 0.6) is 0 Å². The molecule has 0 aliphatic heterocycles. The maximum absolute atomic E-state index is 12.7. The molecule has 5 heteroatoms.